The Hall–Kier alpha value is -0.520. The lowest BCUT2D eigenvalue weighted by atomic mass is 10.2. The molecule has 2 heterocycles. The van der Waals surface area contributed by atoms with Crippen LogP contribution >= 0.6 is 11.3 Å². The molecule has 0 bridgehead atoms. The number of methoxy groups -OCH3 is 1. The predicted octanol–water partition coefficient (Wildman–Crippen LogP) is 0.880. The second-order valence-electron chi connectivity index (χ2n) is 4.28. The van der Waals surface area contributed by atoms with E-state index in [1.54, 1.807) is 13.2 Å². The fourth-order valence-corrected chi connectivity index (χ4v) is 5.78. The van der Waals surface area contributed by atoms with Gasteiger partial charge in [0, 0.05) is 26.8 Å². The molecule has 0 saturated carbocycles. The molecule has 7 nitrogen and oxygen atoms in total. The van der Waals surface area contributed by atoms with Gasteiger partial charge in [-0.15, -0.1) is 11.3 Å². The van der Waals surface area contributed by atoms with E-state index in [0.29, 0.717) is 43.1 Å². The molecule has 0 fully saturated rings. The van der Waals surface area contributed by atoms with Crippen LogP contribution in [0.1, 0.15) is 12.0 Å². The lowest BCUT2D eigenvalue weighted by Crippen LogP contribution is -2.37. The number of hydrogen-bond donors (Lipinski definition) is 2. The Morgan fingerprint density at radius 2 is 2.35 bits per heavy atom. The van der Waals surface area contributed by atoms with Gasteiger partial charge in [0.2, 0.25) is 0 Å². The molecule has 2 N–H and O–H groups in total. The van der Waals surface area contributed by atoms with Crippen LogP contribution in [0.5, 0.6) is 0 Å². The van der Waals surface area contributed by atoms with E-state index in [4.69, 9.17) is 9.29 Å². The lowest BCUT2D eigenvalue weighted by Gasteiger charge is -2.25. The van der Waals surface area contributed by atoms with Crippen molar-refractivity contribution in [2.75, 3.05) is 31.5 Å². The van der Waals surface area contributed by atoms with Gasteiger partial charge in [-0.05, 0) is 24.5 Å². The van der Waals surface area contributed by atoms with Crippen LogP contribution in [-0.2, 0) is 32.4 Å². The number of nitrogens with one attached hydrogen (secondary N) is 1. The summed E-state index contributed by atoms with van der Waals surface area (Å²) in [4.78, 5) is 0. The number of ether oxygens (including phenoxy) is 1. The molecule has 1 unspecified atom stereocenters. The molecular weight excluding hydrogens is 324 g/mol. The second kappa shape index (κ2) is 6.50. The first kappa shape index (κ1) is 15.9. The molecule has 1 aromatic heterocycles. The quantitative estimate of drug-likeness (QED) is 0.592. The molecular formula is C10H16N2O5S3. The number of anilines is 1. The highest BCUT2D eigenvalue weighted by Gasteiger charge is 2.33. The first-order chi connectivity index (χ1) is 9.45. The summed E-state index contributed by atoms with van der Waals surface area (Å²) in [5.41, 5.74) is 0.700. The summed E-state index contributed by atoms with van der Waals surface area (Å²) in [5.74, 6) is 0. The zero-order valence-corrected chi connectivity index (χ0v) is 13.3. The van der Waals surface area contributed by atoms with E-state index < -0.39 is 21.3 Å². The third kappa shape index (κ3) is 3.38. The molecule has 1 atom stereocenters. The molecule has 20 heavy (non-hydrogen) atoms. The number of rotatable bonds is 6. The second-order valence-corrected chi connectivity index (χ2v) is 8.16. The van der Waals surface area contributed by atoms with Crippen LogP contribution in [0.3, 0.4) is 0 Å². The van der Waals surface area contributed by atoms with Crippen LogP contribution in [0.2, 0.25) is 0 Å². The van der Waals surface area contributed by atoms with Gasteiger partial charge in [-0.25, -0.2) is 12.6 Å². The van der Waals surface area contributed by atoms with E-state index in [-0.39, 0.29) is 4.21 Å². The van der Waals surface area contributed by atoms with Crippen molar-refractivity contribution in [2.45, 2.75) is 17.1 Å². The molecule has 1 aromatic rings. The first-order valence-electron chi connectivity index (χ1n) is 5.94. The molecule has 0 amide bonds. The number of thiophene rings is 1. The number of fused-ring (bicyclic) bond motifs is 1. The normalized spacial score (nSPS) is 19.5. The lowest BCUT2D eigenvalue weighted by molar-refractivity contribution is 0.187. The largest absolute Gasteiger partial charge is 0.385 e. The molecule has 0 radical (unpaired) electrons. The molecule has 2 rings (SSSR count). The molecule has 1 aliphatic heterocycles. The highest BCUT2D eigenvalue weighted by molar-refractivity contribution is 7.91. The van der Waals surface area contributed by atoms with Crippen molar-refractivity contribution in [3.8, 4) is 0 Å². The van der Waals surface area contributed by atoms with E-state index in [9.17, 15) is 12.6 Å². The van der Waals surface area contributed by atoms with Gasteiger partial charge in [0.15, 0.2) is 0 Å². The zero-order chi connectivity index (χ0) is 14.8. The Morgan fingerprint density at radius 3 is 3.00 bits per heavy atom. The summed E-state index contributed by atoms with van der Waals surface area (Å²) in [6.07, 6.45) is 1.25. The highest BCUT2D eigenvalue weighted by atomic mass is 32.2. The summed E-state index contributed by atoms with van der Waals surface area (Å²) in [7, 11) is -1.92. The summed E-state index contributed by atoms with van der Waals surface area (Å²) in [6, 6.07) is 1.62. The zero-order valence-electron chi connectivity index (χ0n) is 10.9. The van der Waals surface area contributed by atoms with E-state index >= 15 is 0 Å². The maximum Gasteiger partial charge on any atom is 0.259 e. The van der Waals surface area contributed by atoms with Crippen molar-refractivity contribution in [3.63, 3.8) is 0 Å². The van der Waals surface area contributed by atoms with Gasteiger partial charge >= 0.3 is 0 Å². The number of hydrogen-bond acceptors (Lipinski definition) is 5. The Kier molecular flexibility index (Phi) is 5.15. The van der Waals surface area contributed by atoms with Crippen molar-refractivity contribution in [3.05, 3.63) is 11.6 Å². The third-order valence-corrected chi connectivity index (χ3v) is 6.99. The minimum absolute atomic E-state index is 0.258. The molecule has 0 aliphatic carbocycles. The van der Waals surface area contributed by atoms with Crippen LogP contribution in [0.15, 0.2) is 10.3 Å². The topological polar surface area (TPSA) is 95.9 Å². The maximum atomic E-state index is 12.4. The summed E-state index contributed by atoms with van der Waals surface area (Å²) < 4.78 is 53.3. The Labute approximate surface area is 124 Å². The van der Waals surface area contributed by atoms with Gasteiger partial charge in [-0.1, -0.05) is 0 Å². The van der Waals surface area contributed by atoms with Gasteiger partial charge in [0.25, 0.3) is 21.3 Å². The molecule has 0 aromatic carbocycles. The van der Waals surface area contributed by atoms with Gasteiger partial charge in [-0.2, -0.15) is 4.31 Å². The minimum Gasteiger partial charge on any atom is -0.385 e. The molecule has 0 spiro atoms. The number of sulfonamides is 1. The fourth-order valence-electron chi connectivity index (χ4n) is 2.04. The van der Waals surface area contributed by atoms with E-state index in [2.05, 4.69) is 4.72 Å². The molecule has 0 saturated heterocycles. The van der Waals surface area contributed by atoms with Crippen LogP contribution in [0.4, 0.5) is 5.00 Å². The minimum atomic E-state index is -3.50. The van der Waals surface area contributed by atoms with Crippen LogP contribution in [0, 0.1) is 0 Å². The van der Waals surface area contributed by atoms with Gasteiger partial charge < -0.3 is 4.74 Å². The highest BCUT2D eigenvalue weighted by Crippen LogP contribution is 2.36. The van der Waals surface area contributed by atoms with Gasteiger partial charge in [-0.3, -0.25) is 9.27 Å². The number of nitrogens with zero attached hydrogens (tertiary/aromatic N) is 1. The predicted molar refractivity (Wildman–Crippen MR) is 77.7 cm³/mol. The first-order valence-corrected chi connectivity index (χ1v) is 9.31. The SMILES string of the molecule is COCCCN1CCc2cc(NS(=O)O)sc2S1(=O)=O. The van der Waals surface area contributed by atoms with E-state index in [1.165, 1.54) is 4.31 Å². The van der Waals surface area contributed by atoms with Crippen LogP contribution in [-0.4, -0.2) is 48.3 Å². The maximum absolute atomic E-state index is 12.4. The fraction of sp³-hybridized carbons (Fsp3) is 0.600. The van der Waals surface area contributed by atoms with Crippen molar-refractivity contribution in [2.24, 2.45) is 0 Å². The monoisotopic (exact) mass is 340 g/mol. The van der Waals surface area contributed by atoms with Crippen molar-refractivity contribution in [1.82, 2.24) is 4.31 Å². The van der Waals surface area contributed by atoms with Crippen molar-refractivity contribution >= 4 is 37.6 Å². The summed E-state index contributed by atoms with van der Waals surface area (Å²) >= 11 is -1.21. The van der Waals surface area contributed by atoms with Crippen LogP contribution < -0.4 is 4.72 Å². The third-order valence-electron chi connectivity index (χ3n) is 2.92. The molecule has 1 aliphatic rings. The Bertz CT molecular complexity index is 598. The average Bonchev–Trinajstić information content (AvgIpc) is 2.75. The Balaban J connectivity index is 2.20. The summed E-state index contributed by atoms with van der Waals surface area (Å²) in [5, 5.41) is 0.387. The van der Waals surface area contributed by atoms with Crippen LogP contribution in [0.25, 0.3) is 0 Å². The Morgan fingerprint density at radius 1 is 1.60 bits per heavy atom. The van der Waals surface area contributed by atoms with Crippen molar-refractivity contribution < 1.29 is 21.9 Å². The molecule has 114 valence electrons. The summed E-state index contributed by atoms with van der Waals surface area (Å²) in [6.45, 7) is 1.36. The molecule has 10 heteroatoms. The van der Waals surface area contributed by atoms with Gasteiger partial charge in [0.05, 0.1) is 0 Å². The average molecular weight is 340 g/mol. The van der Waals surface area contributed by atoms with Gasteiger partial charge in [0.1, 0.15) is 9.21 Å². The standard InChI is InChI=1S/C10H16N2O5S3/c1-17-6-2-4-12-5-3-8-7-9(11-19(13)14)18-10(8)20(12,15)16/h7,11H,2-6H2,1H3,(H,13,14). The smallest absolute Gasteiger partial charge is 0.259 e. The van der Waals surface area contributed by atoms with E-state index in [0.717, 1.165) is 11.3 Å². The van der Waals surface area contributed by atoms with Crippen molar-refractivity contribution in [1.29, 1.82) is 0 Å². The van der Waals surface area contributed by atoms with E-state index in [1.807, 2.05) is 0 Å².